The molecule has 1 saturated carbocycles. The van der Waals surface area contributed by atoms with Gasteiger partial charge in [0.15, 0.2) is 0 Å². The Morgan fingerprint density at radius 2 is 1.95 bits per heavy atom. The fraction of sp³-hybridized carbons (Fsp3) is 0.429. The topological polar surface area (TPSA) is 78.4 Å². The van der Waals surface area contributed by atoms with E-state index in [4.69, 9.17) is 5.11 Å². The Morgan fingerprint density at radius 1 is 1.21 bits per heavy atom. The van der Waals surface area contributed by atoms with Gasteiger partial charge in [0, 0.05) is 12.6 Å². The molecule has 2 amide bonds. The third kappa shape index (κ3) is 3.71. The number of benzene rings is 1. The van der Waals surface area contributed by atoms with Gasteiger partial charge in [0.05, 0.1) is 5.92 Å². The number of carboxylic acid groups (broad SMARTS) is 1. The molecule has 1 aliphatic carbocycles. The molecule has 1 aromatic rings. The Bertz CT molecular complexity index is 447. The number of hydrogen-bond donors (Lipinski definition) is 3. The van der Waals surface area contributed by atoms with Gasteiger partial charge in [0.2, 0.25) is 0 Å². The first kappa shape index (κ1) is 13.4. The molecular formula is C14H18N2O3. The Morgan fingerprint density at radius 3 is 2.63 bits per heavy atom. The zero-order valence-electron chi connectivity index (χ0n) is 10.6. The number of aliphatic carboxylic acids is 1. The number of carboxylic acids is 1. The molecule has 0 spiro atoms. The highest BCUT2D eigenvalue weighted by Crippen LogP contribution is 2.25. The molecule has 0 saturated heterocycles. The van der Waals surface area contributed by atoms with Crippen LogP contribution in [0.4, 0.5) is 4.79 Å². The van der Waals surface area contributed by atoms with Crippen LogP contribution in [0, 0.1) is 5.92 Å². The van der Waals surface area contributed by atoms with Crippen molar-refractivity contribution in [2.45, 2.75) is 31.8 Å². The van der Waals surface area contributed by atoms with Crippen molar-refractivity contribution in [2.24, 2.45) is 5.92 Å². The lowest BCUT2D eigenvalue weighted by Gasteiger charge is -2.18. The highest BCUT2D eigenvalue weighted by atomic mass is 16.4. The Balaban J connectivity index is 1.80. The summed E-state index contributed by atoms with van der Waals surface area (Å²) in [6.07, 6.45) is 2.22. The molecule has 0 aliphatic heterocycles. The van der Waals surface area contributed by atoms with Crippen LogP contribution in [0.5, 0.6) is 0 Å². The van der Waals surface area contributed by atoms with E-state index < -0.39 is 11.9 Å². The van der Waals surface area contributed by atoms with Crippen LogP contribution in [-0.2, 0) is 11.3 Å². The SMILES string of the molecule is O=C(NCc1ccccc1)NC1CCCC1C(=O)O. The normalized spacial score (nSPS) is 21.9. The standard InChI is InChI=1S/C14H18N2O3/c17-13(18)11-7-4-8-12(11)16-14(19)15-9-10-5-2-1-3-6-10/h1-3,5-6,11-12H,4,7-9H2,(H,17,18)(H2,15,16,19). The molecule has 5 heteroatoms. The Kier molecular flexibility index (Phi) is 4.39. The van der Waals surface area contributed by atoms with E-state index in [1.807, 2.05) is 30.3 Å². The molecular weight excluding hydrogens is 244 g/mol. The van der Waals surface area contributed by atoms with E-state index in [2.05, 4.69) is 10.6 Å². The lowest BCUT2D eigenvalue weighted by Crippen LogP contribution is -2.45. The second-order valence-electron chi connectivity index (χ2n) is 4.79. The van der Waals surface area contributed by atoms with Crippen molar-refractivity contribution in [1.29, 1.82) is 0 Å². The molecule has 0 radical (unpaired) electrons. The van der Waals surface area contributed by atoms with Crippen LogP contribution < -0.4 is 10.6 Å². The molecule has 1 fully saturated rings. The third-order valence-corrected chi connectivity index (χ3v) is 3.45. The van der Waals surface area contributed by atoms with Gasteiger partial charge in [0.1, 0.15) is 0 Å². The highest BCUT2D eigenvalue weighted by Gasteiger charge is 2.33. The van der Waals surface area contributed by atoms with E-state index >= 15 is 0 Å². The van der Waals surface area contributed by atoms with Crippen LogP contribution in [0.15, 0.2) is 30.3 Å². The molecule has 1 aromatic carbocycles. The van der Waals surface area contributed by atoms with E-state index in [0.717, 1.165) is 18.4 Å². The summed E-state index contributed by atoms with van der Waals surface area (Å²) in [5.74, 6) is -1.28. The smallest absolute Gasteiger partial charge is 0.315 e. The van der Waals surface area contributed by atoms with Crippen molar-refractivity contribution in [2.75, 3.05) is 0 Å². The van der Waals surface area contributed by atoms with E-state index in [-0.39, 0.29) is 12.1 Å². The number of carbonyl (C=O) groups excluding carboxylic acids is 1. The minimum absolute atomic E-state index is 0.256. The number of carbonyl (C=O) groups is 2. The van der Waals surface area contributed by atoms with Crippen LogP contribution in [0.1, 0.15) is 24.8 Å². The lowest BCUT2D eigenvalue weighted by molar-refractivity contribution is -0.142. The molecule has 2 rings (SSSR count). The monoisotopic (exact) mass is 262 g/mol. The van der Waals surface area contributed by atoms with Gasteiger partial charge in [-0.2, -0.15) is 0 Å². The molecule has 102 valence electrons. The van der Waals surface area contributed by atoms with Crippen molar-refractivity contribution in [3.8, 4) is 0 Å². The van der Waals surface area contributed by atoms with Gasteiger partial charge in [-0.1, -0.05) is 36.8 Å². The third-order valence-electron chi connectivity index (χ3n) is 3.45. The second kappa shape index (κ2) is 6.22. The fourth-order valence-electron chi connectivity index (χ4n) is 2.43. The molecule has 5 nitrogen and oxygen atoms in total. The van der Waals surface area contributed by atoms with E-state index in [0.29, 0.717) is 13.0 Å². The number of amides is 2. The molecule has 0 aromatic heterocycles. The van der Waals surface area contributed by atoms with E-state index in [9.17, 15) is 9.59 Å². The number of nitrogens with one attached hydrogen (secondary N) is 2. The molecule has 1 aliphatic rings. The maximum atomic E-state index is 11.7. The minimum Gasteiger partial charge on any atom is -0.481 e. The van der Waals surface area contributed by atoms with Gasteiger partial charge in [-0.05, 0) is 18.4 Å². The predicted molar refractivity (Wildman–Crippen MR) is 70.6 cm³/mol. The predicted octanol–water partition coefficient (Wildman–Crippen LogP) is 1.74. The van der Waals surface area contributed by atoms with Gasteiger partial charge in [-0.15, -0.1) is 0 Å². The van der Waals surface area contributed by atoms with Gasteiger partial charge in [0.25, 0.3) is 0 Å². The van der Waals surface area contributed by atoms with Crippen molar-refractivity contribution in [3.63, 3.8) is 0 Å². The zero-order chi connectivity index (χ0) is 13.7. The van der Waals surface area contributed by atoms with E-state index in [1.165, 1.54) is 0 Å². The Hall–Kier alpha value is -2.04. The van der Waals surface area contributed by atoms with Gasteiger partial charge >= 0.3 is 12.0 Å². The van der Waals surface area contributed by atoms with Gasteiger partial charge in [-0.25, -0.2) is 4.79 Å². The molecule has 3 N–H and O–H groups in total. The van der Waals surface area contributed by atoms with E-state index in [1.54, 1.807) is 0 Å². The van der Waals surface area contributed by atoms with Gasteiger partial charge in [-0.3, -0.25) is 4.79 Å². The molecule has 0 bridgehead atoms. The van der Waals surface area contributed by atoms with Crippen LogP contribution >= 0.6 is 0 Å². The summed E-state index contributed by atoms with van der Waals surface area (Å²) in [4.78, 5) is 22.7. The largest absolute Gasteiger partial charge is 0.481 e. The minimum atomic E-state index is -0.828. The summed E-state index contributed by atoms with van der Waals surface area (Å²) < 4.78 is 0. The van der Waals surface area contributed by atoms with Crippen LogP contribution in [0.2, 0.25) is 0 Å². The Labute approximate surface area is 112 Å². The zero-order valence-corrected chi connectivity index (χ0v) is 10.6. The fourth-order valence-corrected chi connectivity index (χ4v) is 2.43. The summed E-state index contributed by atoms with van der Waals surface area (Å²) in [5, 5.41) is 14.5. The highest BCUT2D eigenvalue weighted by molar-refractivity contribution is 5.77. The summed E-state index contributed by atoms with van der Waals surface area (Å²) in [7, 11) is 0. The second-order valence-corrected chi connectivity index (χ2v) is 4.79. The van der Waals surface area contributed by atoms with Crippen LogP contribution in [-0.4, -0.2) is 23.1 Å². The van der Waals surface area contributed by atoms with Crippen molar-refractivity contribution >= 4 is 12.0 Å². The van der Waals surface area contributed by atoms with Gasteiger partial charge < -0.3 is 15.7 Å². The number of hydrogen-bond acceptors (Lipinski definition) is 2. The maximum absolute atomic E-state index is 11.7. The number of rotatable bonds is 4. The molecule has 19 heavy (non-hydrogen) atoms. The summed E-state index contributed by atoms with van der Waals surface area (Å²) in [6.45, 7) is 0.442. The molecule has 0 heterocycles. The summed E-state index contributed by atoms with van der Waals surface area (Å²) >= 11 is 0. The van der Waals surface area contributed by atoms with Crippen LogP contribution in [0.25, 0.3) is 0 Å². The molecule has 2 atom stereocenters. The quantitative estimate of drug-likeness (QED) is 0.773. The first-order valence-electron chi connectivity index (χ1n) is 6.48. The van der Waals surface area contributed by atoms with Crippen LogP contribution in [0.3, 0.4) is 0 Å². The number of urea groups is 1. The average Bonchev–Trinajstić information content (AvgIpc) is 2.86. The first-order chi connectivity index (χ1) is 9.16. The van der Waals surface area contributed by atoms with Crippen molar-refractivity contribution < 1.29 is 14.7 Å². The molecule has 2 unspecified atom stereocenters. The van der Waals surface area contributed by atoms with Crippen molar-refractivity contribution in [1.82, 2.24) is 10.6 Å². The first-order valence-corrected chi connectivity index (χ1v) is 6.48. The average molecular weight is 262 g/mol. The maximum Gasteiger partial charge on any atom is 0.315 e. The summed E-state index contributed by atoms with van der Waals surface area (Å²) in [6, 6.07) is 9.03. The lowest BCUT2D eigenvalue weighted by atomic mass is 10.0. The van der Waals surface area contributed by atoms with Crippen molar-refractivity contribution in [3.05, 3.63) is 35.9 Å². The summed E-state index contributed by atoms with van der Waals surface area (Å²) in [5.41, 5.74) is 1.01.